The fourth-order valence-electron chi connectivity index (χ4n) is 2.44. The lowest BCUT2D eigenvalue weighted by molar-refractivity contribution is -0.144. The molecule has 1 aromatic heterocycles. The number of hydrazone groups is 1. The molecular weight excluding hydrogens is 352 g/mol. The Morgan fingerprint density at radius 3 is 2.46 bits per heavy atom. The van der Waals surface area contributed by atoms with E-state index in [1.807, 2.05) is 0 Å². The van der Waals surface area contributed by atoms with Crippen LogP contribution in [-0.4, -0.2) is 44.3 Å². The molecule has 134 valence electrons. The van der Waals surface area contributed by atoms with Crippen LogP contribution in [0.4, 0.5) is 8.78 Å². The fourth-order valence-corrected chi connectivity index (χ4v) is 2.44. The second kappa shape index (κ2) is 6.10. The van der Waals surface area contributed by atoms with Gasteiger partial charge in [0, 0.05) is 20.3 Å². The monoisotopic (exact) mass is 363 g/mol. The molecule has 2 aromatic rings. The molecule has 0 radical (unpaired) electrons. The summed E-state index contributed by atoms with van der Waals surface area (Å²) < 4.78 is 28.6. The summed E-state index contributed by atoms with van der Waals surface area (Å²) >= 11 is 0. The van der Waals surface area contributed by atoms with Crippen molar-refractivity contribution in [1.29, 1.82) is 0 Å². The van der Waals surface area contributed by atoms with Gasteiger partial charge >= 0.3 is 11.6 Å². The van der Waals surface area contributed by atoms with Crippen molar-refractivity contribution in [3.05, 3.63) is 56.4 Å². The van der Waals surface area contributed by atoms with Crippen LogP contribution in [0.15, 0.2) is 32.9 Å². The molecule has 1 aliphatic rings. The summed E-state index contributed by atoms with van der Waals surface area (Å²) in [5.41, 5.74) is -3.35. The highest BCUT2D eigenvalue weighted by molar-refractivity contribution is 6.42. The minimum absolute atomic E-state index is 0.352. The number of aromatic nitrogens is 3. The number of aryl methyl sites for hydroxylation is 1. The minimum atomic E-state index is -1.44. The number of likely N-dealkylation sites (N-methyl/N-ethyl adjacent to an activating group) is 1. The Balaban J connectivity index is 2.30. The van der Waals surface area contributed by atoms with Crippen molar-refractivity contribution in [2.24, 2.45) is 12.1 Å². The van der Waals surface area contributed by atoms with Gasteiger partial charge in [-0.25, -0.2) is 27.8 Å². The van der Waals surface area contributed by atoms with E-state index in [1.165, 1.54) is 7.05 Å². The molecule has 0 spiro atoms. The van der Waals surface area contributed by atoms with Crippen molar-refractivity contribution in [3.63, 3.8) is 0 Å². The third kappa shape index (κ3) is 2.53. The van der Waals surface area contributed by atoms with Crippen LogP contribution in [-0.2, 0) is 16.6 Å². The van der Waals surface area contributed by atoms with Gasteiger partial charge in [0.05, 0.1) is 5.69 Å². The van der Waals surface area contributed by atoms with Gasteiger partial charge in [0.15, 0.2) is 11.6 Å². The second-order valence-corrected chi connectivity index (χ2v) is 5.44. The van der Waals surface area contributed by atoms with E-state index in [0.29, 0.717) is 9.25 Å². The van der Waals surface area contributed by atoms with E-state index >= 15 is 0 Å². The molecule has 1 atom stereocenters. The van der Waals surface area contributed by atoms with Crippen LogP contribution in [0.1, 0.15) is 11.6 Å². The average molecular weight is 363 g/mol. The zero-order valence-electron chi connectivity index (χ0n) is 13.5. The molecule has 1 aromatic carbocycles. The number of hydrogen-bond acceptors (Lipinski definition) is 6. The van der Waals surface area contributed by atoms with Gasteiger partial charge in [-0.05, 0) is 12.1 Å². The number of nitrogens with zero attached hydrogens (tertiary/aromatic N) is 5. The Labute approximate surface area is 143 Å². The van der Waals surface area contributed by atoms with Gasteiger partial charge in [0.1, 0.15) is 11.6 Å². The lowest BCUT2D eigenvalue weighted by Crippen LogP contribution is -2.46. The molecule has 0 aliphatic carbocycles. The number of Topliss-reactive ketones (excluding diaryl/α,β-unsaturated/α-hetero) is 1. The predicted octanol–water partition coefficient (Wildman–Crippen LogP) is -0.680. The molecule has 26 heavy (non-hydrogen) atoms. The van der Waals surface area contributed by atoms with Gasteiger partial charge in [-0.3, -0.25) is 14.4 Å². The second-order valence-electron chi connectivity index (χ2n) is 5.44. The van der Waals surface area contributed by atoms with E-state index in [-0.39, 0.29) is 0 Å². The van der Waals surface area contributed by atoms with E-state index in [2.05, 4.69) is 10.2 Å². The van der Waals surface area contributed by atoms with Crippen molar-refractivity contribution < 1.29 is 18.4 Å². The van der Waals surface area contributed by atoms with E-state index in [4.69, 9.17) is 0 Å². The fraction of sp³-hybridized carbons (Fsp3) is 0.200. The maximum Gasteiger partial charge on any atom is 0.351 e. The summed E-state index contributed by atoms with van der Waals surface area (Å²) in [6.45, 7) is 0. The van der Waals surface area contributed by atoms with E-state index in [1.54, 1.807) is 0 Å². The van der Waals surface area contributed by atoms with Gasteiger partial charge in [-0.15, -0.1) is 0 Å². The molecule has 1 amide bonds. The molecule has 0 saturated carbocycles. The lowest BCUT2D eigenvalue weighted by Gasteiger charge is -2.20. The first-order valence-electron chi connectivity index (χ1n) is 7.24. The highest BCUT2D eigenvalue weighted by Gasteiger charge is 2.36. The molecule has 9 nitrogen and oxygen atoms in total. The third-order valence-electron chi connectivity index (χ3n) is 3.79. The van der Waals surface area contributed by atoms with Crippen LogP contribution in [0, 0.1) is 11.6 Å². The number of halogens is 2. The molecule has 11 heteroatoms. The topological polar surface area (TPSA) is 107 Å². The first-order valence-corrected chi connectivity index (χ1v) is 7.24. The van der Waals surface area contributed by atoms with Crippen molar-refractivity contribution in [3.8, 4) is 5.69 Å². The normalized spacial score (nSPS) is 17.1. The van der Waals surface area contributed by atoms with Gasteiger partial charge in [0.2, 0.25) is 5.78 Å². The summed E-state index contributed by atoms with van der Waals surface area (Å²) in [7, 11) is 2.42. The molecule has 0 N–H and O–H groups in total. The van der Waals surface area contributed by atoms with Crippen LogP contribution in [0.5, 0.6) is 0 Å². The molecular formula is C15H11F2N5O4. The Morgan fingerprint density at radius 1 is 1.08 bits per heavy atom. The van der Waals surface area contributed by atoms with Crippen LogP contribution >= 0.6 is 0 Å². The van der Waals surface area contributed by atoms with Crippen molar-refractivity contribution >= 4 is 17.9 Å². The van der Waals surface area contributed by atoms with Gasteiger partial charge in [-0.2, -0.15) is 10.2 Å². The van der Waals surface area contributed by atoms with Crippen LogP contribution < -0.4 is 11.2 Å². The molecule has 1 unspecified atom stereocenters. The summed E-state index contributed by atoms with van der Waals surface area (Å²) in [6.07, 6.45) is 1.02. The summed E-state index contributed by atoms with van der Waals surface area (Å²) in [4.78, 5) is 48.9. The highest BCUT2D eigenvalue weighted by atomic mass is 19.2. The minimum Gasteiger partial charge on any atom is -0.287 e. The van der Waals surface area contributed by atoms with E-state index < -0.39 is 51.9 Å². The third-order valence-corrected chi connectivity index (χ3v) is 3.79. The zero-order chi connectivity index (χ0) is 19.2. The summed E-state index contributed by atoms with van der Waals surface area (Å²) in [6, 6.07) is 2.97. The van der Waals surface area contributed by atoms with Crippen molar-refractivity contribution in [2.45, 2.75) is 5.92 Å². The number of carbonyl (C=O) groups is 2. The van der Waals surface area contributed by atoms with Crippen LogP contribution in [0.3, 0.4) is 0 Å². The SMILES string of the molecule is CN1N=CC(c2nn(C)c(=O)n(-c3cccc(F)c3F)c2=O)C(=O)C1=O. The van der Waals surface area contributed by atoms with E-state index in [0.717, 1.165) is 36.5 Å². The molecule has 0 bridgehead atoms. The first-order chi connectivity index (χ1) is 12.2. The highest BCUT2D eigenvalue weighted by Crippen LogP contribution is 2.16. The summed E-state index contributed by atoms with van der Waals surface area (Å²) in [5, 5.41) is 8.17. The molecule has 2 heterocycles. The van der Waals surface area contributed by atoms with Gasteiger partial charge in [0.25, 0.3) is 5.56 Å². The summed E-state index contributed by atoms with van der Waals surface area (Å²) in [5.74, 6) is -6.08. The number of hydrogen-bond donors (Lipinski definition) is 0. The number of benzene rings is 1. The number of amides is 1. The predicted molar refractivity (Wildman–Crippen MR) is 84.0 cm³/mol. The Kier molecular flexibility index (Phi) is 4.06. The van der Waals surface area contributed by atoms with Crippen molar-refractivity contribution in [1.82, 2.24) is 19.4 Å². The Hall–Kier alpha value is -3.50. The van der Waals surface area contributed by atoms with Crippen molar-refractivity contribution in [2.75, 3.05) is 7.05 Å². The van der Waals surface area contributed by atoms with Gasteiger partial charge in [-0.1, -0.05) is 6.07 Å². The average Bonchev–Trinajstić information content (AvgIpc) is 2.60. The Bertz CT molecular complexity index is 1090. The number of ketones is 1. The zero-order valence-corrected chi connectivity index (χ0v) is 13.5. The standard InChI is InChI=1S/C15H11F2N5O4/c1-20-14(25)12(23)7(6-18-20)11-13(24)22(15(26)21(2)19-11)9-5-3-4-8(16)10(9)17/h3-7H,1-2H3. The van der Waals surface area contributed by atoms with Gasteiger partial charge < -0.3 is 0 Å². The number of carbonyl (C=O) groups excluding carboxylic acids is 2. The maximum absolute atomic E-state index is 14.1. The smallest absolute Gasteiger partial charge is 0.287 e. The lowest BCUT2D eigenvalue weighted by atomic mass is 10.00. The van der Waals surface area contributed by atoms with Crippen LogP contribution in [0.2, 0.25) is 0 Å². The molecule has 0 saturated heterocycles. The molecule has 1 aliphatic heterocycles. The Morgan fingerprint density at radius 2 is 1.77 bits per heavy atom. The van der Waals surface area contributed by atoms with E-state index in [9.17, 15) is 28.0 Å². The molecule has 3 rings (SSSR count). The first kappa shape index (κ1) is 17.3. The number of rotatable bonds is 2. The largest absolute Gasteiger partial charge is 0.351 e. The molecule has 0 fully saturated rings. The quantitative estimate of drug-likeness (QED) is 0.657. The maximum atomic E-state index is 14.1. The van der Waals surface area contributed by atoms with Crippen LogP contribution in [0.25, 0.3) is 5.69 Å².